The predicted octanol–water partition coefficient (Wildman–Crippen LogP) is -14.6. The molecule has 0 aliphatic carbocycles. The van der Waals surface area contributed by atoms with E-state index in [-0.39, 0.29) is 13.2 Å². The van der Waals surface area contributed by atoms with Crippen molar-refractivity contribution < 1.29 is 196 Å². The Morgan fingerprint density at radius 2 is 0.500 bits per heavy atom. The Morgan fingerprint density at radius 1 is 0.293 bits per heavy atom. The molecule has 0 aromatic heterocycles. The molecular weight excluding hydrogens is 1280 g/mol. The van der Waals surface area contributed by atoms with Gasteiger partial charge < -0.3 is 196 Å². The maximum absolute atomic E-state index is 11.8. The molecule has 40 nitrogen and oxygen atoms in total. The second kappa shape index (κ2) is 34.1. The largest absolute Gasteiger partial charge is 0.500 e. The smallest absolute Gasteiger partial charge is 0.394 e. The summed E-state index contributed by atoms with van der Waals surface area (Å²) in [5.74, 6) is 0. The van der Waals surface area contributed by atoms with E-state index >= 15 is 0 Å². The average molecular weight is 1370 g/mol. The average Bonchev–Trinajstić information content (AvgIpc) is 0.952. The van der Waals surface area contributed by atoms with Crippen LogP contribution >= 0.6 is 0 Å². The maximum atomic E-state index is 11.8. The minimum Gasteiger partial charge on any atom is -0.394 e. The molecule has 21 aliphatic heterocycles. The molecule has 0 spiro atoms. The number of rotatable bonds is 19. The highest BCUT2D eigenvalue weighted by Crippen LogP contribution is 2.39. The van der Waals surface area contributed by atoms with Crippen molar-refractivity contribution in [1.82, 2.24) is 0 Å². The normalized spacial score (nSPS) is 48.8. The minimum absolute atomic E-state index is 0.117. The van der Waals surface area contributed by atoms with Crippen molar-refractivity contribution in [3.8, 4) is 0 Å². The van der Waals surface area contributed by atoms with Crippen LogP contribution in [0.25, 0.3) is 0 Å². The zero-order valence-corrected chi connectivity index (χ0v) is 50.9. The summed E-state index contributed by atoms with van der Waals surface area (Å²) >= 11 is 0. The molecular formula is C51H90O40Si. The van der Waals surface area contributed by atoms with Gasteiger partial charge in [0.1, 0.15) is 177 Å². The van der Waals surface area contributed by atoms with Crippen molar-refractivity contribution in [3.05, 3.63) is 0 Å². The molecule has 0 aromatic carbocycles. The maximum Gasteiger partial charge on any atom is 0.500 e. The van der Waals surface area contributed by atoms with Crippen LogP contribution in [-0.2, 0) is 89.1 Å². The summed E-state index contributed by atoms with van der Waals surface area (Å²) in [4.78, 5) is 0. The van der Waals surface area contributed by atoms with Gasteiger partial charge >= 0.3 is 8.80 Å². The molecule has 36 atom stereocenters. The van der Waals surface area contributed by atoms with E-state index in [9.17, 15) is 107 Å². The Kier molecular flexibility index (Phi) is 28.3. The summed E-state index contributed by atoms with van der Waals surface area (Å²) in [5.41, 5.74) is 0. The molecule has 92 heavy (non-hydrogen) atoms. The van der Waals surface area contributed by atoms with E-state index in [1.165, 1.54) is 21.3 Å². The monoisotopic (exact) mass is 1370 g/mol. The predicted molar refractivity (Wildman–Crippen MR) is 285 cm³/mol. The zero-order valence-electron chi connectivity index (χ0n) is 49.9. The molecule has 21 fully saturated rings. The molecule has 21 saturated heterocycles. The lowest BCUT2D eigenvalue weighted by Gasteiger charge is -2.50. The topological polar surface area (TPSA) is 600 Å². The van der Waals surface area contributed by atoms with E-state index in [4.69, 9.17) is 89.1 Å². The molecule has 21 rings (SSSR count). The van der Waals surface area contributed by atoms with Gasteiger partial charge in [-0.3, -0.25) is 0 Å². The van der Waals surface area contributed by atoms with Gasteiger partial charge in [0, 0.05) is 34.0 Å². The number of ether oxygens (including phenoxy) is 16. The fraction of sp³-hybridized carbons (Fsp3) is 1.00. The number of aliphatic hydroxyl groups excluding tert-OH is 21. The van der Waals surface area contributed by atoms with Gasteiger partial charge in [-0.2, -0.15) is 0 Å². The number of hydrogen-bond acceptors (Lipinski definition) is 40. The third kappa shape index (κ3) is 16.6. The Balaban J connectivity index is 1.06. The van der Waals surface area contributed by atoms with E-state index in [1.807, 2.05) is 0 Å². The van der Waals surface area contributed by atoms with Crippen molar-refractivity contribution in [2.75, 3.05) is 87.4 Å². The van der Waals surface area contributed by atoms with Gasteiger partial charge in [-0.05, 0) is 6.42 Å². The van der Waals surface area contributed by atoms with Crippen LogP contribution in [0.2, 0.25) is 6.04 Å². The second-order valence-corrected chi connectivity index (χ2v) is 26.2. The molecule has 1 unspecified atom stereocenters. The van der Waals surface area contributed by atoms with E-state index < -0.39 is 283 Å². The first-order valence-electron chi connectivity index (χ1n) is 29.7. The van der Waals surface area contributed by atoms with Crippen LogP contribution in [0.15, 0.2) is 0 Å². The first kappa shape index (κ1) is 76.4. The first-order chi connectivity index (χ1) is 43.9. The molecule has 41 heteroatoms. The molecule has 0 amide bonds. The first-order valence-corrected chi connectivity index (χ1v) is 31.7. The summed E-state index contributed by atoms with van der Waals surface area (Å²) in [5, 5.41) is 235. The van der Waals surface area contributed by atoms with Crippen LogP contribution in [0.5, 0.6) is 0 Å². The second-order valence-electron chi connectivity index (χ2n) is 23.1. The molecule has 21 N–H and O–H groups in total. The van der Waals surface area contributed by atoms with Gasteiger partial charge in [0.25, 0.3) is 0 Å². The summed E-state index contributed by atoms with van der Waals surface area (Å²) in [6, 6.07) is 0.368. The van der Waals surface area contributed by atoms with Crippen LogP contribution in [0.3, 0.4) is 0 Å². The highest BCUT2D eigenvalue weighted by molar-refractivity contribution is 6.60. The van der Waals surface area contributed by atoms with Crippen LogP contribution in [-0.4, -0.2) is 424 Å². The SMILES string of the molecule is CO[Si](CCCOCC(O)COC[C@H]1O[C@@H]2O[C@H]3[C@H](O)[C@@H](O)[C@@H](O[C@H]4[C@H](O)[C@@H](O)[C@@H](O[C@H]5[C@H](O)[C@@H](O)[C@@H](O[C@H]6[C@H](O)[C@@H](O)[C@@H](O[C@H]7[C@H](O)[C@@H](O)[C@@H](O[C@H]8[C@H](O)[C@@H](O)[C@@H](O[C@H]1[C@H](O)[C@H]2O)O[C@@H]8CO)O[C@@H]7CO)O[C@@H]6CO)O[C@@H]5CO)O[C@@H]4CO)O[C@@H]3CO)(OC)OC. The van der Waals surface area contributed by atoms with Gasteiger partial charge in [-0.1, -0.05) is 0 Å². The van der Waals surface area contributed by atoms with E-state index in [0.29, 0.717) is 12.5 Å². The Morgan fingerprint density at radius 3 is 0.717 bits per heavy atom. The summed E-state index contributed by atoms with van der Waals surface area (Å²) in [7, 11) is 1.37. The van der Waals surface area contributed by atoms with E-state index in [0.717, 1.165) is 0 Å². The Hall–Kier alpha value is -1.38. The van der Waals surface area contributed by atoms with Crippen LogP contribution in [0, 0.1) is 0 Å². The van der Waals surface area contributed by atoms with E-state index in [2.05, 4.69) is 0 Å². The summed E-state index contributed by atoms with van der Waals surface area (Å²) in [6.45, 7) is -7.78. The fourth-order valence-electron chi connectivity index (χ4n) is 11.9. The molecule has 0 aromatic rings. The molecule has 0 radical (unpaired) electrons. The molecule has 0 saturated carbocycles. The lowest BCUT2D eigenvalue weighted by atomic mass is 9.95. The summed E-state index contributed by atoms with van der Waals surface area (Å²) < 4.78 is 109. The third-order valence-electron chi connectivity index (χ3n) is 17.2. The van der Waals surface area contributed by atoms with Crippen molar-refractivity contribution in [1.29, 1.82) is 0 Å². The third-order valence-corrected chi connectivity index (χ3v) is 20.0. The van der Waals surface area contributed by atoms with Gasteiger partial charge in [0.15, 0.2) is 44.0 Å². The Bertz CT molecular complexity index is 2150. The van der Waals surface area contributed by atoms with Gasteiger partial charge in [0.2, 0.25) is 0 Å². The summed E-state index contributed by atoms with van der Waals surface area (Å²) in [6.07, 6.45) is -72.3. The minimum atomic E-state index is -2.94. The van der Waals surface area contributed by atoms with Crippen LogP contribution < -0.4 is 0 Å². The lowest BCUT2D eigenvalue weighted by Crippen LogP contribution is -2.68. The van der Waals surface area contributed by atoms with E-state index in [1.54, 1.807) is 0 Å². The van der Waals surface area contributed by atoms with Crippen molar-refractivity contribution >= 4 is 8.80 Å². The standard InChI is InChI=1S/C51H90O40Si/c1-73-92(74-2,75-3)6-4-5-76-13-16(58)14-77-15-23-44-30(65)37(72)51(84-23)90-43-22(12-57)82-49(35(70)28(43)63)88-41-20(10-55)80-47(33(68)26(41)61)86-39-18(8-53)78-45(31(66)24(39)59)85-38-17(7-52)79-46(32(67)25(38)60)87-40-19(9-54)81-48(34(69)27(40)62)89-42-21(11-56)83-50(91-44)36(71)29(42)64/h16-72H,4-15H2,1-3H3/t16?,17-,18-,19-,20-,21-,22-,23-,24-,25-,26-,27-,28-,29-,30-,31-,32-,33-,34-,35-,36-,37-,38-,39-,40-,41-,42-,43-,44-,45-,46-,47-,48-,49-,50-,51-/m1/s1. The fourth-order valence-corrected chi connectivity index (χ4v) is 13.6. The highest BCUT2D eigenvalue weighted by Gasteiger charge is 2.60. The van der Waals surface area contributed by atoms with Crippen LogP contribution in [0.1, 0.15) is 6.42 Å². The van der Waals surface area contributed by atoms with Gasteiger partial charge in [-0.25, -0.2) is 0 Å². The molecule has 21 heterocycles. The molecule has 538 valence electrons. The van der Waals surface area contributed by atoms with Gasteiger partial charge in [-0.15, -0.1) is 0 Å². The quantitative estimate of drug-likeness (QED) is 0.0422. The highest BCUT2D eigenvalue weighted by atomic mass is 28.4. The van der Waals surface area contributed by atoms with Crippen molar-refractivity contribution in [3.63, 3.8) is 0 Å². The van der Waals surface area contributed by atoms with Gasteiger partial charge in [0.05, 0.1) is 59.5 Å². The number of hydrogen-bond donors (Lipinski definition) is 21. The zero-order chi connectivity index (χ0) is 67.2. The molecule has 21 aliphatic rings. The lowest BCUT2D eigenvalue weighted by molar-refractivity contribution is -0.397. The molecule has 14 bridgehead atoms. The van der Waals surface area contributed by atoms with Crippen molar-refractivity contribution in [2.24, 2.45) is 0 Å². The van der Waals surface area contributed by atoms with Crippen LogP contribution in [0.4, 0.5) is 0 Å². The Labute approximate surface area is 525 Å². The van der Waals surface area contributed by atoms with Crippen molar-refractivity contribution in [2.45, 2.75) is 234 Å². The number of aliphatic hydroxyl groups is 21.